The maximum atomic E-state index is 12.5. The van der Waals surface area contributed by atoms with Crippen LogP contribution in [0.25, 0.3) is 11.4 Å². The van der Waals surface area contributed by atoms with Gasteiger partial charge in [0.05, 0.1) is 27.1 Å². The van der Waals surface area contributed by atoms with E-state index in [2.05, 4.69) is 22.1 Å². The van der Waals surface area contributed by atoms with E-state index in [0.717, 1.165) is 11.1 Å². The lowest BCUT2D eigenvalue weighted by Gasteiger charge is -2.14. The van der Waals surface area contributed by atoms with Crippen LogP contribution < -0.4 is 19.5 Å². The quantitative estimate of drug-likeness (QED) is 0.322. The number of hydrogen-bond acceptors (Lipinski definition) is 7. The SMILES string of the molecule is C=CCn1c(SCC(=O)Nc2cc(Cl)ccc2C)nnc1-c1cc(OC)c(OC)c(OC)c1. The van der Waals surface area contributed by atoms with Gasteiger partial charge < -0.3 is 19.5 Å². The molecule has 0 radical (unpaired) electrons. The monoisotopic (exact) mass is 488 g/mol. The Morgan fingerprint density at radius 3 is 2.45 bits per heavy atom. The van der Waals surface area contributed by atoms with E-state index in [-0.39, 0.29) is 11.7 Å². The van der Waals surface area contributed by atoms with Crippen LogP contribution in [-0.2, 0) is 11.3 Å². The lowest BCUT2D eigenvalue weighted by Crippen LogP contribution is -2.15. The van der Waals surface area contributed by atoms with E-state index in [1.54, 1.807) is 51.7 Å². The highest BCUT2D eigenvalue weighted by Gasteiger charge is 2.20. The van der Waals surface area contributed by atoms with Gasteiger partial charge >= 0.3 is 0 Å². The predicted molar refractivity (Wildman–Crippen MR) is 131 cm³/mol. The number of allylic oxidation sites excluding steroid dienone is 1. The largest absolute Gasteiger partial charge is 0.493 e. The molecule has 8 nitrogen and oxygen atoms in total. The van der Waals surface area contributed by atoms with Crippen molar-refractivity contribution in [3.63, 3.8) is 0 Å². The molecule has 1 amide bonds. The number of rotatable bonds is 10. The molecule has 1 aromatic heterocycles. The molecule has 0 saturated heterocycles. The molecule has 33 heavy (non-hydrogen) atoms. The molecule has 0 atom stereocenters. The fourth-order valence-electron chi connectivity index (χ4n) is 3.16. The van der Waals surface area contributed by atoms with Gasteiger partial charge in [0.1, 0.15) is 0 Å². The number of ether oxygens (including phenoxy) is 3. The van der Waals surface area contributed by atoms with Crippen LogP contribution in [0, 0.1) is 6.92 Å². The summed E-state index contributed by atoms with van der Waals surface area (Å²) in [5.74, 6) is 2.06. The Morgan fingerprint density at radius 2 is 1.85 bits per heavy atom. The summed E-state index contributed by atoms with van der Waals surface area (Å²) in [4.78, 5) is 12.5. The topological polar surface area (TPSA) is 87.5 Å². The number of nitrogens with one attached hydrogen (secondary N) is 1. The van der Waals surface area contributed by atoms with Crippen LogP contribution in [-0.4, -0.2) is 47.8 Å². The van der Waals surface area contributed by atoms with Gasteiger partial charge in [0.2, 0.25) is 11.7 Å². The molecule has 0 aliphatic rings. The van der Waals surface area contributed by atoms with E-state index in [4.69, 9.17) is 25.8 Å². The third-order valence-corrected chi connectivity index (χ3v) is 5.96. The van der Waals surface area contributed by atoms with E-state index in [1.807, 2.05) is 17.6 Å². The van der Waals surface area contributed by atoms with Gasteiger partial charge in [-0.1, -0.05) is 35.5 Å². The number of benzene rings is 2. The molecule has 0 aliphatic heterocycles. The van der Waals surface area contributed by atoms with Crippen LogP contribution >= 0.6 is 23.4 Å². The average Bonchev–Trinajstić information content (AvgIpc) is 3.21. The van der Waals surface area contributed by atoms with Crippen molar-refractivity contribution in [1.29, 1.82) is 0 Å². The number of carbonyl (C=O) groups is 1. The van der Waals surface area contributed by atoms with Crippen LogP contribution in [0.3, 0.4) is 0 Å². The maximum absolute atomic E-state index is 12.5. The second-order valence-corrected chi connectivity index (χ2v) is 8.29. The first-order chi connectivity index (χ1) is 15.9. The first-order valence-electron chi connectivity index (χ1n) is 9.95. The minimum absolute atomic E-state index is 0.149. The Hall–Kier alpha value is -3.17. The molecule has 174 valence electrons. The van der Waals surface area contributed by atoms with Gasteiger partial charge in [0, 0.05) is 22.8 Å². The highest BCUT2D eigenvalue weighted by atomic mass is 35.5. The molecule has 0 fully saturated rings. The minimum atomic E-state index is -0.173. The summed E-state index contributed by atoms with van der Waals surface area (Å²) < 4.78 is 18.2. The molecule has 1 N–H and O–H groups in total. The molecular formula is C23H25ClN4O4S. The molecule has 3 aromatic rings. The van der Waals surface area contributed by atoms with Gasteiger partial charge in [-0.15, -0.1) is 16.8 Å². The van der Waals surface area contributed by atoms with E-state index in [9.17, 15) is 4.79 Å². The molecule has 10 heteroatoms. The van der Waals surface area contributed by atoms with Crippen molar-refractivity contribution < 1.29 is 19.0 Å². The first-order valence-corrected chi connectivity index (χ1v) is 11.3. The number of anilines is 1. The molecule has 1 heterocycles. The van der Waals surface area contributed by atoms with Crippen molar-refractivity contribution in [3.8, 4) is 28.6 Å². The van der Waals surface area contributed by atoms with Crippen LogP contribution in [0.4, 0.5) is 5.69 Å². The highest BCUT2D eigenvalue weighted by Crippen LogP contribution is 2.41. The third-order valence-electron chi connectivity index (χ3n) is 4.76. The lowest BCUT2D eigenvalue weighted by molar-refractivity contribution is -0.113. The van der Waals surface area contributed by atoms with Gasteiger partial charge in [-0.25, -0.2) is 0 Å². The number of halogens is 1. The summed E-state index contributed by atoms with van der Waals surface area (Å²) in [6.07, 6.45) is 1.74. The predicted octanol–water partition coefficient (Wildman–Crippen LogP) is 4.85. The standard InChI is InChI=1S/C23H25ClN4O4S/c1-6-9-28-22(15-10-18(30-3)21(32-5)19(11-15)31-4)26-27-23(28)33-13-20(29)25-17-12-16(24)8-7-14(17)2/h6-8,10-12H,1,9,13H2,2-5H3,(H,25,29). The number of aryl methyl sites for hydroxylation is 1. The van der Waals surface area contributed by atoms with E-state index in [1.165, 1.54) is 11.8 Å². The number of carbonyl (C=O) groups excluding carboxylic acids is 1. The second-order valence-electron chi connectivity index (χ2n) is 6.92. The normalized spacial score (nSPS) is 10.6. The van der Waals surface area contributed by atoms with Crippen LogP contribution in [0.15, 0.2) is 48.1 Å². The summed E-state index contributed by atoms with van der Waals surface area (Å²) >= 11 is 7.32. The van der Waals surface area contributed by atoms with Gasteiger partial charge in [0.15, 0.2) is 22.5 Å². The summed E-state index contributed by atoms with van der Waals surface area (Å²) in [6, 6.07) is 8.96. The van der Waals surface area contributed by atoms with Crippen molar-refractivity contribution >= 4 is 35.0 Å². The summed E-state index contributed by atoms with van der Waals surface area (Å²) in [5.41, 5.74) is 2.33. The van der Waals surface area contributed by atoms with Crippen LogP contribution in [0.5, 0.6) is 17.2 Å². The van der Waals surface area contributed by atoms with E-state index >= 15 is 0 Å². The van der Waals surface area contributed by atoms with Crippen molar-refractivity contribution in [2.45, 2.75) is 18.6 Å². The molecule has 0 bridgehead atoms. The smallest absolute Gasteiger partial charge is 0.234 e. The lowest BCUT2D eigenvalue weighted by atomic mass is 10.1. The summed E-state index contributed by atoms with van der Waals surface area (Å²) in [5, 5.41) is 12.7. The number of hydrogen-bond donors (Lipinski definition) is 1. The number of amides is 1. The number of aromatic nitrogens is 3. The third kappa shape index (κ3) is 5.61. The van der Waals surface area contributed by atoms with Gasteiger partial charge in [0.25, 0.3) is 0 Å². The molecule has 3 rings (SSSR count). The van der Waals surface area contributed by atoms with Crippen molar-refractivity contribution in [1.82, 2.24) is 14.8 Å². The highest BCUT2D eigenvalue weighted by molar-refractivity contribution is 7.99. The zero-order valence-corrected chi connectivity index (χ0v) is 20.4. The number of thioether (sulfide) groups is 1. The summed E-state index contributed by atoms with van der Waals surface area (Å²) in [6.45, 7) is 6.19. The van der Waals surface area contributed by atoms with E-state index < -0.39 is 0 Å². The molecule has 0 unspecified atom stereocenters. The van der Waals surface area contributed by atoms with Crippen LogP contribution in [0.2, 0.25) is 5.02 Å². The van der Waals surface area contributed by atoms with Crippen molar-refractivity contribution in [3.05, 3.63) is 53.6 Å². The van der Waals surface area contributed by atoms with E-state index in [0.29, 0.717) is 45.5 Å². The van der Waals surface area contributed by atoms with Crippen LogP contribution in [0.1, 0.15) is 5.56 Å². The number of methoxy groups -OCH3 is 3. The minimum Gasteiger partial charge on any atom is -0.493 e. The molecule has 2 aromatic carbocycles. The average molecular weight is 489 g/mol. The fraction of sp³-hybridized carbons (Fsp3) is 0.261. The Balaban J connectivity index is 1.85. The zero-order chi connectivity index (χ0) is 24.0. The van der Waals surface area contributed by atoms with Crippen molar-refractivity contribution in [2.75, 3.05) is 32.4 Å². The maximum Gasteiger partial charge on any atom is 0.234 e. The fourth-order valence-corrected chi connectivity index (χ4v) is 4.08. The Morgan fingerprint density at radius 1 is 1.15 bits per heavy atom. The Kier molecular flexibility index (Phi) is 8.24. The van der Waals surface area contributed by atoms with Gasteiger partial charge in [-0.05, 0) is 36.8 Å². The molecule has 0 spiro atoms. The number of nitrogens with zero attached hydrogens (tertiary/aromatic N) is 3. The van der Waals surface area contributed by atoms with Gasteiger partial charge in [-0.2, -0.15) is 0 Å². The van der Waals surface area contributed by atoms with Gasteiger partial charge in [-0.3, -0.25) is 9.36 Å². The zero-order valence-electron chi connectivity index (χ0n) is 18.8. The molecule has 0 aliphatic carbocycles. The Bertz CT molecular complexity index is 1140. The molecular weight excluding hydrogens is 464 g/mol. The summed E-state index contributed by atoms with van der Waals surface area (Å²) in [7, 11) is 4.65. The van der Waals surface area contributed by atoms with Crippen molar-refractivity contribution in [2.24, 2.45) is 0 Å². The molecule has 0 saturated carbocycles. The second kappa shape index (κ2) is 11.1. The Labute approximate surface area is 201 Å². The first kappa shape index (κ1) is 24.5.